The summed E-state index contributed by atoms with van der Waals surface area (Å²) in [6, 6.07) is 18.2. The van der Waals surface area contributed by atoms with Crippen molar-refractivity contribution in [2.75, 3.05) is 5.32 Å². The number of nitrogens with one attached hydrogen (secondary N) is 2. The van der Waals surface area contributed by atoms with E-state index in [2.05, 4.69) is 39.3 Å². The summed E-state index contributed by atoms with van der Waals surface area (Å²) in [5.74, 6) is 1.15. The molecule has 0 bridgehead atoms. The molecule has 0 unspecified atom stereocenters. The van der Waals surface area contributed by atoms with Crippen molar-refractivity contribution >= 4 is 35.6 Å². The van der Waals surface area contributed by atoms with Crippen LogP contribution in [0.3, 0.4) is 0 Å². The molecule has 1 heterocycles. The Kier molecular flexibility index (Phi) is 7.00. The molecule has 0 radical (unpaired) electrons. The van der Waals surface area contributed by atoms with E-state index in [0.717, 1.165) is 29.2 Å². The maximum absolute atomic E-state index is 5.96. The molecule has 6 heteroatoms. The van der Waals surface area contributed by atoms with Gasteiger partial charge in [0.1, 0.15) is 12.4 Å². The number of aromatic nitrogens is 2. The maximum Gasteiger partial charge on any atom is 0.193 e. The molecule has 0 amide bonds. The highest BCUT2D eigenvalue weighted by Gasteiger charge is 2.03. The molecule has 0 aliphatic heterocycles. The van der Waals surface area contributed by atoms with Crippen molar-refractivity contribution in [3.05, 3.63) is 72.2 Å². The molecule has 130 valence electrons. The number of aryl methyl sites for hydroxylation is 1. The van der Waals surface area contributed by atoms with Gasteiger partial charge in [-0.25, -0.2) is 9.98 Å². The number of H-pyrrole nitrogens is 1. The van der Waals surface area contributed by atoms with E-state index >= 15 is 0 Å². The molecule has 1 aromatic heterocycles. The zero-order chi connectivity index (χ0) is 16.8. The minimum absolute atomic E-state index is 0. The number of imidazole rings is 1. The van der Waals surface area contributed by atoms with Crippen LogP contribution in [0, 0.1) is 0 Å². The van der Waals surface area contributed by atoms with Crippen LogP contribution in [-0.2, 0) is 13.0 Å². The van der Waals surface area contributed by atoms with Gasteiger partial charge in [-0.2, -0.15) is 0 Å². The quantitative estimate of drug-likeness (QED) is 0.312. The minimum Gasteiger partial charge on any atom is -0.370 e. The number of anilines is 1. The van der Waals surface area contributed by atoms with Crippen LogP contribution in [0.5, 0.6) is 0 Å². The SMILES string of the molecule is CCc1cccc(NC(N)=NCc2ncc(-c3ccccc3)[nH]2)c1.I. The number of benzene rings is 2. The number of rotatable bonds is 5. The van der Waals surface area contributed by atoms with E-state index in [1.807, 2.05) is 48.7 Å². The molecule has 4 N–H and O–H groups in total. The molecule has 0 aliphatic rings. The lowest BCUT2D eigenvalue weighted by molar-refractivity contribution is 0.947. The number of nitrogens with zero attached hydrogens (tertiary/aromatic N) is 2. The first-order valence-corrected chi connectivity index (χ1v) is 8.00. The standard InChI is InChI=1S/C19H21N5.HI/c1-2-14-7-6-10-16(11-14)23-19(20)22-13-18-21-12-17(24-18)15-8-4-3-5-9-15;/h3-12H,2,13H2,1H3,(H,21,24)(H3,20,22,23);1H. The van der Waals surface area contributed by atoms with Crippen molar-refractivity contribution in [1.29, 1.82) is 0 Å². The molecule has 3 aromatic rings. The average Bonchev–Trinajstić information content (AvgIpc) is 3.10. The fraction of sp³-hybridized carbons (Fsp3) is 0.158. The zero-order valence-corrected chi connectivity index (χ0v) is 16.4. The van der Waals surface area contributed by atoms with E-state index in [-0.39, 0.29) is 24.0 Å². The Bertz CT molecular complexity index is 827. The van der Waals surface area contributed by atoms with E-state index in [0.29, 0.717) is 12.5 Å². The number of halogens is 1. The third kappa shape index (κ3) is 5.32. The molecular weight excluding hydrogens is 425 g/mol. The van der Waals surface area contributed by atoms with Crippen molar-refractivity contribution in [3.8, 4) is 11.3 Å². The highest BCUT2D eigenvalue weighted by molar-refractivity contribution is 14.0. The maximum atomic E-state index is 5.96. The Hall–Kier alpha value is -2.35. The van der Waals surface area contributed by atoms with Crippen LogP contribution in [0.15, 0.2) is 65.8 Å². The molecule has 0 fully saturated rings. The van der Waals surface area contributed by atoms with Crippen molar-refractivity contribution in [1.82, 2.24) is 9.97 Å². The van der Waals surface area contributed by atoms with Crippen LogP contribution in [0.25, 0.3) is 11.3 Å². The first-order chi connectivity index (χ1) is 11.7. The number of aromatic amines is 1. The number of aliphatic imine (C=N–C) groups is 1. The Morgan fingerprint density at radius 2 is 1.96 bits per heavy atom. The topological polar surface area (TPSA) is 79.1 Å². The van der Waals surface area contributed by atoms with Crippen molar-refractivity contribution in [3.63, 3.8) is 0 Å². The lowest BCUT2D eigenvalue weighted by Gasteiger charge is -2.06. The Labute approximate surface area is 164 Å². The van der Waals surface area contributed by atoms with Gasteiger partial charge < -0.3 is 16.0 Å². The summed E-state index contributed by atoms with van der Waals surface area (Å²) >= 11 is 0. The van der Waals surface area contributed by atoms with Gasteiger partial charge in [-0.15, -0.1) is 24.0 Å². The monoisotopic (exact) mass is 447 g/mol. The first kappa shape index (κ1) is 19.0. The smallest absolute Gasteiger partial charge is 0.193 e. The second kappa shape index (κ2) is 9.22. The van der Waals surface area contributed by atoms with Gasteiger partial charge in [0, 0.05) is 5.69 Å². The molecule has 25 heavy (non-hydrogen) atoms. The van der Waals surface area contributed by atoms with Gasteiger partial charge in [0.05, 0.1) is 11.9 Å². The fourth-order valence-corrected chi connectivity index (χ4v) is 2.42. The van der Waals surface area contributed by atoms with E-state index in [4.69, 9.17) is 5.73 Å². The molecule has 0 spiro atoms. The second-order valence-electron chi connectivity index (χ2n) is 5.49. The van der Waals surface area contributed by atoms with Crippen LogP contribution in [0.1, 0.15) is 18.3 Å². The number of nitrogens with two attached hydrogens (primary N) is 1. The molecule has 0 saturated carbocycles. The molecular formula is C19H22IN5. The number of guanidine groups is 1. The zero-order valence-electron chi connectivity index (χ0n) is 14.1. The number of hydrogen-bond acceptors (Lipinski definition) is 2. The Morgan fingerprint density at radius 3 is 2.72 bits per heavy atom. The van der Waals surface area contributed by atoms with Crippen LogP contribution < -0.4 is 11.1 Å². The molecule has 0 aliphatic carbocycles. The third-order valence-corrected chi connectivity index (χ3v) is 3.72. The number of hydrogen-bond donors (Lipinski definition) is 3. The Morgan fingerprint density at radius 1 is 1.16 bits per heavy atom. The van der Waals surface area contributed by atoms with Gasteiger partial charge in [0.15, 0.2) is 5.96 Å². The molecule has 3 rings (SSSR count). The summed E-state index contributed by atoms with van der Waals surface area (Å²) in [6.07, 6.45) is 2.80. The van der Waals surface area contributed by atoms with E-state index in [1.165, 1.54) is 5.56 Å². The van der Waals surface area contributed by atoms with Gasteiger partial charge in [0.25, 0.3) is 0 Å². The minimum atomic E-state index is 0. The van der Waals surface area contributed by atoms with Gasteiger partial charge in [0.2, 0.25) is 0 Å². The van der Waals surface area contributed by atoms with E-state index in [1.54, 1.807) is 0 Å². The lowest BCUT2D eigenvalue weighted by atomic mass is 10.1. The summed E-state index contributed by atoms with van der Waals surface area (Å²) < 4.78 is 0. The van der Waals surface area contributed by atoms with Gasteiger partial charge in [-0.05, 0) is 29.7 Å². The predicted molar refractivity (Wildman–Crippen MR) is 114 cm³/mol. The van der Waals surface area contributed by atoms with Crippen LogP contribution in [0.2, 0.25) is 0 Å². The fourth-order valence-electron chi connectivity index (χ4n) is 2.42. The second-order valence-corrected chi connectivity index (χ2v) is 5.49. The van der Waals surface area contributed by atoms with Crippen molar-refractivity contribution < 1.29 is 0 Å². The third-order valence-electron chi connectivity index (χ3n) is 3.72. The van der Waals surface area contributed by atoms with Gasteiger partial charge in [-0.3, -0.25) is 0 Å². The van der Waals surface area contributed by atoms with Crippen LogP contribution >= 0.6 is 24.0 Å². The van der Waals surface area contributed by atoms with E-state index < -0.39 is 0 Å². The van der Waals surface area contributed by atoms with Crippen LogP contribution in [-0.4, -0.2) is 15.9 Å². The summed E-state index contributed by atoms with van der Waals surface area (Å²) in [5, 5.41) is 3.11. The summed E-state index contributed by atoms with van der Waals surface area (Å²) in [7, 11) is 0. The summed E-state index contributed by atoms with van der Waals surface area (Å²) in [5.41, 5.74) is 10.2. The van der Waals surface area contributed by atoms with Crippen molar-refractivity contribution in [2.24, 2.45) is 10.7 Å². The van der Waals surface area contributed by atoms with Gasteiger partial charge >= 0.3 is 0 Å². The molecule has 0 saturated heterocycles. The summed E-state index contributed by atoms with van der Waals surface area (Å²) in [6.45, 7) is 2.52. The highest BCUT2D eigenvalue weighted by atomic mass is 127. The largest absolute Gasteiger partial charge is 0.370 e. The first-order valence-electron chi connectivity index (χ1n) is 8.00. The predicted octanol–water partition coefficient (Wildman–Crippen LogP) is 4.18. The lowest BCUT2D eigenvalue weighted by Crippen LogP contribution is -2.22. The van der Waals surface area contributed by atoms with E-state index in [9.17, 15) is 0 Å². The average molecular weight is 447 g/mol. The molecule has 5 nitrogen and oxygen atoms in total. The molecule has 2 aromatic carbocycles. The van der Waals surface area contributed by atoms with Gasteiger partial charge in [-0.1, -0.05) is 49.4 Å². The summed E-state index contributed by atoms with van der Waals surface area (Å²) in [4.78, 5) is 12.0. The normalized spacial score (nSPS) is 11.0. The highest BCUT2D eigenvalue weighted by Crippen LogP contribution is 2.16. The van der Waals surface area contributed by atoms with Crippen molar-refractivity contribution in [2.45, 2.75) is 19.9 Å². The Balaban J connectivity index is 0.00000225. The molecule has 0 atom stereocenters. The van der Waals surface area contributed by atoms with Crippen LogP contribution in [0.4, 0.5) is 5.69 Å².